The average molecular weight is 230 g/mol. The van der Waals surface area contributed by atoms with Crippen molar-refractivity contribution in [3.63, 3.8) is 0 Å². The van der Waals surface area contributed by atoms with Crippen LogP contribution >= 0.6 is 0 Å². The standard InChI is InChI=1S/C12H26N2O2/c1-12(2,3)8-10(15)9-13-7-6-11(16)14(4)5/h10,13,15H,6-9H2,1-5H3. The highest BCUT2D eigenvalue weighted by molar-refractivity contribution is 5.75. The van der Waals surface area contributed by atoms with Crippen molar-refractivity contribution in [2.24, 2.45) is 5.41 Å². The van der Waals surface area contributed by atoms with Crippen LogP contribution < -0.4 is 5.32 Å². The average Bonchev–Trinajstić information content (AvgIpc) is 2.08. The van der Waals surface area contributed by atoms with Gasteiger partial charge in [-0.2, -0.15) is 0 Å². The van der Waals surface area contributed by atoms with E-state index >= 15 is 0 Å². The second-order valence-electron chi connectivity index (χ2n) is 5.66. The van der Waals surface area contributed by atoms with Gasteiger partial charge in [-0.15, -0.1) is 0 Å². The zero-order valence-corrected chi connectivity index (χ0v) is 11.2. The predicted octanol–water partition coefficient (Wildman–Crippen LogP) is 0.851. The first-order valence-corrected chi connectivity index (χ1v) is 5.81. The lowest BCUT2D eigenvalue weighted by molar-refractivity contribution is -0.128. The van der Waals surface area contributed by atoms with Crippen LogP contribution in [0.25, 0.3) is 0 Å². The molecule has 0 spiro atoms. The summed E-state index contributed by atoms with van der Waals surface area (Å²) in [6, 6.07) is 0. The summed E-state index contributed by atoms with van der Waals surface area (Å²) in [4.78, 5) is 12.8. The molecule has 4 nitrogen and oxygen atoms in total. The number of hydrogen-bond donors (Lipinski definition) is 2. The third-order valence-corrected chi connectivity index (χ3v) is 2.24. The quantitative estimate of drug-likeness (QED) is 0.665. The van der Waals surface area contributed by atoms with Crippen LogP contribution in [0.4, 0.5) is 0 Å². The molecular weight excluding hydrogens is 204 g/mol. The van der Waals surface area contributed by atoms with Crippen LogP contribution in [0, 0.1) is 5.41 Å². The number of aliphatic hydroxyl groups is 1. The first-order valence-electron chi connectivity index (χ1n) is 5.81. The summed E-state index contributed by atoms with van der Waals surface area (Å²) in [6.45, 7) is 7.49. The van der Waals surface area contributed by atoms with Crippen LogP contribution in [-0.2, 0) is 4.79 Å². The molecular formula is C12H26N2O2. The first-order chi connectivity index (χ1) is 7.22. The number of amides is 1. The maximum Gasteiger partial charge on any atom is 0.223 e. The monoisotopic (exact) mass is 230 g/mol. The Morgan fingerprint density at radius 1 is 1.38 bits per heavy atom. The van der Waals surface area contributed by atoms with Gasteiger partial charge in [-0.3, -0.25) is 4.79 Å². The van der Waals surface area contributed by atoms with Gasteiger partial charge in [0.15, 0.2) is 0 Å². The molecule has 0 aliphatic heterocycles. The van der Waals surface area contributed by atoms with E-state index in [2.05, 4.69) is 26.1 Å². The van der Waals surface area contributed by atoms with Gasteiger partial charge < -0.3 is 15.3 Å². The molecule has 0 saturated carbocycles. The van der Waals surface area contributed by atoms with Crippen molar-refractivity contribution < 1.29 is 9.90 Å². The fourth-order valence-electron chi connectivity index (χ4n) is 1.47. The molecule has 1 atom stereocenters. The fraction of sp³-hybridized carbons (Fsp3) is 0.917. The Kier molecular flexibility index (Phi) is 6.60. The lowest BCUT2D eigenvalue weighted by Crippen LogP contribution is -2.33. The lowest BCUT2D eigenvalue weighted by Gasteiger charge is -2.22. The molecule has 0 heterocycles. The molecule has 0 aromatic rings. The van der Waals surface area contributed by atoms with E-state index < -0.39 is 0 Å². The van der Waals surface area contributed by atoms with Crippen molar-refractivity contribution in [1.82, 2.24) is 10.2 Å². The molecule has 0 aliphatic rings. The van der Waals surface area contributed by atoms with Crippen LogP contribution in [-0.4, -0.2) is 49.2 Å². The van der Waals surface area contributed by atoms with Crippen LogP contribution in [0.15, 0.2) is 0 Å². The highest BCUT2D eigenvalue weighted by Crippen LogP contribution is 2.20. The molecule has 0 aromatic heterocycles. The van der Waals surface area contributed by atoms with Crippen molar-refractivity contribution >= 4 is 5.91 Å². The van der Waals surface area contributed by atoms with Gasteiger partial charge in [0, 0.05) is 33.6 Å². The van der Waals surface area contributed by atoms with Crippen LogP contribution in [0.5, 0.6) is 0 Å². The summed E-state index contributed by atoms with van der Waals surface area (Å²) in [6.07, 6.45) is 0.908. The molecule has 0 aromatic carbocycles. The fourth-order valence-corrected chi connectivity index (χ4v) is 1.47. The van der Waals surface area contributed by atoms with Crippen molar-refractivity contribution in [3.8, 4) is 0 Å². The molecule has 0 fully saturated rings. The van der Waals surface area contributed by atoms with E-state index in [1.54, 1.807) is 19.0 Å². The minimum atomic E-state index is -0.338. The Hall–Kier alpha value is -0.610. The molecule has 2 N–H and O–H groups in total. The van der Waals surface area contributed by atoms with E-state index in [4.69, 9.17) is 0 Å². The van der Waals surface area contributed by atoms with Gasteiger partial charge in [0.25, 0.3) is 0 Å². The molecule has 1 amide bonds. The second kappa shape index (κ2) is 6.86. The van der Waals surface area contributed by atoms with E-state index in [-0.39, 0.29) is 17.4 Å². The van der Waals surface area contributed by atoms with Gasteiger partial charge in [-0.25, -0.2) is 0 Å². The molecule has 0 radical (unpaired) electrons. The molecule has 16 heavy (non-hydrogen) atoms. The van der Waals surface area contributed by atoms with E-state index in [0.29, 0.717) is 19.5 Å². The molecule has 1 unspecified atom stereocenters. The molecule has 96 valence electrons. The minimum absolute atomic E-state index is 0.109. The summed E-state index contributed by atoms with van der Waals surface area (Å²) >= 11 is 0. The molecule has 0 saturated heterocycles. The van der Waals surface area contributed by atoms with Gasteiger partial charge in [0.1, 0.15) is 0 Å². The zero-order valence-electron chi connectivity index (χ0n) is 11.2. The SMILES string of the molecule is CN(C)C(=O)CCNCC(O)CC(C)(C)C. The summed E-state index contributed by atoms with van der Waals surface area (Å²) in [5.41, 5.74) is 0.139. The van der Waals surface area contributed by atoms with Crippen LogP contribution in [0.3, 0.4) is 0 Å². The zero-order chi connectivity index (χ0) is 12.8. The summed E-state index contributed by atoms with van der Waals surface area (Å²) in [5.74, 6) is 0.109. The van der Waals surface area contributed by atoms with Gasteiger partial charge in [0.2, 0.25) is 5.91 Å². The number of hydrogen-bond acceptors (Lipinski definition) is 3. The van der Waals surface area contributed by atoms with E-state index in [1.165, 1.54) is 0 Å². The Balaban J connectivity index is 3.56. The summed E-state index contributed by atoms with van der Waals surface area (Å²) in [5, 5.41) is 12.8. The van der Waals surface area contributed by atoms with Crippen molar-refractivity contribution in [2.75, 3.05) is 27.2 Å². The Bertz CT molecular complexity index is 210. The number of nitrogens with zero attached hydrogens (tertiary/aromatic N) is 1. The smallest absolute Gasteiger partial charge is 0.223 e. The number of carbonyl (C=O) groups excluding carboxylic acids is 1. The van der Waals surface area contributed by atoms with Crippen molar-refractivity contribution in [3.05, 3.63) is 0 Å². The first kappa shape index (κ1) is 15.4. The Morgan fingerprint density at radius 3 is 2.38 bits per heavy atom. The summed E-state index contributed by atoms with van der Waals surface area (Å²) < 4.78 is 0. The molecule has 0 bridgehead atoms. The van der Waals surface area contributed by atoms with Crippen molar-refractivity contribution in [2.45, 2.75) is 39.7 Å². The minimum Gasteiger partial charge on any atom is -0.392 e. The number of aliphatic hydroxyl groups excluding tert-OH is 1. The maximum atomic E-state index is 11.2. The lowest BCUT2D eigenvalue weighted by atomic mass is 9.89. The normalized spacial score (nSPS) is 13.6. The third-order valence-electron chi connectivity index (χ3n) is 2.24. The van der Waals surface area contributed by atoms with Gasteiger partial charge >= 0.3 is 0 Å². The maximum absolute atomic E-state index is 11.2. The van der Waals surface area contributed by atoms with Crippen LogP contribution in [0.2, 0.25) is 0 Å². The van der Waals surface area contributed by atoms with Crippen LogP contribution in [0.1, 0.15) is 33.6 Å². The van der Waals surface area contributed by atoms with Gasteiger partial charge in [-0.1, -0.05) is 20.8 Å². The van der Waals surface area contributed by atoms with E-state index in [1.807, 2.05) is 0 Å². The number of rotatable bonds is 6. The largest absolute Gasteiger partial charge is 0.392 e. The van der Waals surface area contributed by atoms with E-state index in [9.17, 15) is 9.90 Å². The molecule has 0 aliphatic carbocycles. The molecule has 0 rings (SSSR count). The predicted molar refractivity (Wildman–Crippen MR) is 66.3 cm³/mol. The van der Waals surface area contributed by atoms with Crippen molar-refractivity contribution in [1.29, 1.82) is 0 Å². The highest BCUT2D eigenvalue weighted by atomic mass is 16.3. The van der Waals surface area contributed by atoms with E-state index in [0.717, 1.165) is 6.42 Å². The number of carbonyl (C=O) groups is 1. The number of nitrogens with one attached hydrogen (secondary N) is 1. The third kappa shape index (κ3) is 8.68. The summed E-state index contributed by atoms with van der Waals surface area (Å²) in [7, 11) is 3.49. The Morgan fingerprint density at radius 2 is 1.94 bits per heavy atom. The van der Waals surface area contributed by atoms with Gasteiger partial charge in [-0.05, 0) is 11.8 Å². The topological polar surface area (TPSA) is 52.6 Å². The Labute approximate surface area is 99.0 Å². The highest BCUT2D eigenvalue weighted by Gasteiger charge is 2.16. The second-order valence-corrected chi connectivity index (χ2v) is 5.66. The molecule has 4 heteroatoms. The van der Waals surface area contributed by atoms with Gasteiger partial charge in [0.05, 0.1) is 6.10 Å².